The van der Waals surface area contributed by atoms with Gasteiger partial charge in [-0.3, -0.25) is 9.48 Å². The average Bonchev–Trinajstić information content (AvgIpc) is 2.93. The van der Waals surface area contributed by atoms with Gasteiger partial charge < -0.3 is 10.2 Å². The molecule has 0 saturated carbocycles. The highest BCUT2D eigenvalue weighted by Crippen LogP contribution is 2.37. The van der Waals surface area contributed by atoms with Gasteiger partial charge in [0.25, 0.3) is 0 Å². The number of rotatable bonds is 3. The Morgan fingerprint density at radius 2 is 1.80 bits per heavy atom. The monoisotopic (exact) mass is 346 g/mol. The van der Waals surface area contributed by atoms with Crippen LogP contribution in [0.3, 0.4) is 0 Å². The number of likely N-dealkylation sites (N-methyl/N-ethyl adjacent to an activating group) is 1. The van der Waals surface area contributed by atoms with Crippen molar-refractivity contribution in [3.8, 4) is 0 Å². The maximum absolute atomic E-state index is 14.4. The Morgan fingerprint density at radius 3 is 2.40 bits per heavy atom. The molecule has 25 heavy (non-hydrogen) atoms. The zero-order chi connectivity index (χ0) is 18.5. The van der Waals surface area contributed by atoms with E-state index in [2.05, 4.69) is 20.4 Å². The molecule has 1 N–H and O–H groups in total. The molecule has 0 unspecified atom stereocenters. The fourth-order valence-electron chi connectivity index (χ4n) is 3.58. The highest BCUT2D eigenvalue weighted by molar-refractivity contribution is 5.81. The first-order chi connectivity index (χ1) is 11.7. The number of carbonyl (C=O) groups is 1. The summed E-state index contributed by atoms with van der Waals surface area (Å²) in [5.74, 6) is 0.158. The van der Waals surface area contributed by atoms with E-state index in [-0.39, 0.29) is 35.9 Å². The summed E-state index contributed by atoms with van der Waals surface area (Å²) < 4.78 is 16.2. The first-order valence-electron chi connectivity index (χ1n) is 8.23. The van der Waals surface area contributed by atoms with Gasteiger partial charge in [0.05, 0.1) is 23.5 Å². The maximum Gasteiger partial charge on any atom is 0.225 e. The van der Waals surface area contributed by atoms with Crippen molar-refractivity contribution in [2.45, 2.75) is 46.2 Å². The van der Waals surface area contributed by atoms with Crippen molar-refractivity contribution in [3.63, 3.8) is 0 Å². The van der Waals surface area contributed by atoms with E-state index in [1.165, 1.54) is 0 Å². The van der Waals surface area contributed by atoms with Gasteiger partial charge in [0, 0.05) is 31.8 Å². The summed E-state index contributed by atoms with van der Waals surface area (Å²) in [5, 5.41) is 7.59. The third-order valence-corrected chi connectivity index (χ3v) is 4.90. The molecule has 3 heterocycles. The molecule has 1 saturated heterocycles. The smallest absolute Gasteiger partial charge is 0.225 e. The molecule has 0 spiro atoms. The maximum atomic E-state index is 14.4. The molecule has 0 aliphatic carbocycles. The summed E-state index contributed by atoms with van der Waals surface area (Å²) in [6.45, 7) is 7.22. The van der Waals surface area contributed by atoms with E-state index < -0.39 is 5.82 Å². The molecule has 0 aromatic carbocycles. The van der Waals surface area contributed by atoms with Crippen LogP contribution < -0.4 is 5.32 Å². The van der Waals surface area contributed by atoms with Gasteiger partial charge >= 0.3 is 0 Å². The number of hydrogen-bond acceptors (Lipinski definition) is 5. The number of halogens is 1. The Labute approximate surface area is 146 Å². The SMILES string of the molecule is Cc1nc(C)c(F)c(N[C@H]2CC(=O)N(C)[C@@H]2c2c(C)nn(C)c2C)n1. The summed E-state index contributed by atoms with van der Waals surface area (Å²) in [4.78, 5) is 22.2. The van der Waals surface area contributed by atoms with Crippen LogP contribution in [0.1, 0.15) is 40.9 Å². The lowest BCUT2D eigenvalue weighted by atomic mass is 9.98. The molecule has 2 aromatic rings. The largest absolute Gasteiger partial charge is 0.362 e. The van der Waals surface area contributed by atoms with Crippen molar-refractivity contribution in [1.29, 1.82) is 0 Å². The summed E-state index contributed by atoms with van der Waals surface area (Å²) in [6.07, 6.45) is 0.274. The van der Waals surface area contributed by atoms with E-state index in [0.717, 1.165) is 17.0 Å². The Hall–Kier alpha value is -2.51. The lowest BCUT2D eigenvalue weighted by molar-refractivity contribution is -0.127. The third-order valence-electron chi connectivity index (χ3n) is 4.90. The number of aryl methyl sites for hydroxylation is 4. The van der Waals surface area contributed by atoms with Crippen LogP contribution in [-0.2, 0) is 11.8 Å². The number of aromatic nitrogens is 4. The number of nitrogens with zero attached hydrogens (tertiary/aromatic N) is 5. The van der Waals surface area contributed by atoms with Crippen molar-refractivity contribution < 1.29 is 9.18 Å². The molecule has 3 rings (SSSR count). The van der Waals surface area contributed by atoms with Crippen LogP contribution in [-0.4, -0.2) is 43.6 Å². The highest BCUT2D eigenvalue weighted by atomic mass is 19.1. The minimum atomic E-state index is -0.481. The predicted molar refractivity (Wildman–Crippen MR) is 91.7 cm³/mol. The second-order valence-corrected chi connectivity index (χ2v) is 6.63. The number of carbonyl (C=O) groups excluding carboxylic acids is 1. The van der Waals surface area contributed by atoms with Gasteiger partial charge in [-0.25, -0.2) is 14.4 Å². The first-order valence-corrected chi connectivity index (χ1v) is 8.23. The molecular formula is C17H23FN6O. The zero-order valence-corrected chi connectivity index (χ0v) is 15.4. The van der Waals surface area contributed by atoms with Gasteiger partial charge in [-0.2, -0.15) is 5.10 Å². The van der Waals surface area contributed by atoms with E-state index in [0.29, 0.717) is 5.82 Å². The second kappa shape index (κ2) is 6.09. The molecule has 1 aliphatic heterocycles. The first kappa shape index (κ1) is 17.3. The molecule has 7 nitrogen and oxygen atoms in total. The fraction of sp³-hybridized carbons (Fsp3) is 0.529. The summed E-state index contributed by atoms with van der Waals surface area (Å²) >= 11 is 0. The van der Waals surface area contributed by atoms with Gasteiger partial charge in [-0.15, -0.1) is 0 Å². The summed E-state index contributed by atoms with van der Waals surface area (Å²) in [5.41, 5.74) is 3.15. The van der Waals surface area contributed by atoms with E-state index in [1.807, 2.05) is 20.9 Å². The minimum Gasteiger partial charge on any atom is -0.362 e. The Balaban J connectivity index is 2.01. The number of anilines is 1. The second-order valence-electron chi connectivity index (χ2n) is 6.63. The lowest BCUT2D eigenvalue weighted by Crippen LogP contribution is -2.31. The molecule has 2 atom stereocenters. The lowest BCUT2D eigenvalue weighted by Gasteiger charge is -2.27. The van der Waals surface area contributed by atoms with Crippen LogP contribution in [0.15, 0.2) is 0 Å². The number of likely N-dealkylation sites (tertiary alicyclic amines) is 1. The third kappa shape index (κ3) is 2.85. The van der Waals surface area contributed by atoms with Crippen molar-refractivity contribution >= 4 is 11.7 Å². The van der Waals surface area contributed by atoms with Crippen LogP contribution in [0.5, 0.6) is 0 Å². The van der Waals surface area contributed by atoms with Gasteiger partial charge in [0.15, 0.2) is 11.6 Å². The standard InChI is InChI=1S/C17H23FN6O/c1-8-14(10(3)24(6)22-8)16-12(7-13(25)23(16)5)21-17-15(18)9(2)19-11(4)20-17/h12,16H,7H2,1-6H3,(H,19,20,21)/t12-,16-/m0/s1. The highest BCUT2D eigenvalue weighted by Gasteiger charge is 2.41. The Kier molecular flexibility index (Phi) is 4.22. The number of nitrogens with one attached hydrogen (secondary N) is 1. The van der Waals surface area contributed by atoms with Crippen LogP contribution in [0.25, 0.3) is 0 Å². The molecular weight excluding hydrogens is 323 g/mol. The van der Waals surface area contributed by atoms with Gasteiger partial charge in [0.1, 0.15) is 5.82 Å². The van der Waals surface area contributed by atoms with Crippen molar-refractivity contribution in [2.75, 3.05) is 12.4 Å². The average molecular weight is 346 g/mol. The van der Waals surface area contributed by atoms with E-state index >= 15 is 0 Å². The molecule has 0 bridgehead atoms. The van der Waals surface area contributed by atoms with Gasteiger partial charge in [-0.05, 0) is 27.7 Å². The Morgan fingerprint density at radius 1 is 1.12 bits per heavy atom. The fourth-order valence-corrected chi connectivity index (χ4v) is 3.58. The van der Waals surface area contributed by atoms with Crippen LogP contribution in [0.2, 0.25) is 0 Å². The van der Waals surface area contributed by atoms with Crippen LogP contribution in [0, 0.1) is 33.5 Å². The molecule has 1 fully saturated rings. The van der Waals surface area contributed by atoms with Crippen molar-refractivity contribution in [3.05, 3.63) is 34.3 Å². The van der Waals surface area contributed by atoms with Crippen LogP contribution in [0.4, 0.5) is 10.2 Å². The minimum absolute atomic E-state index is 0.00746. The number of amides is 1. The Bertz CT molecular complexity index is 846. The summed E-state index contributed by atoms with van der Waals surface area (Å²) in [7, 11) is 3.65. The zero-order valence-electron chi connectivity index (χ0n) is 15.4. The molecule has 8 heteroatoms. The molecule has 1 aliphatic rings. The molecule has 0 radical (unpaired) electrons. The topological polar surface area (TPSA) is 75.9 Å². The van der Waals surface area contributed by atoms with E-state index in [9.17, 15) is 9.18 Å². The molecule has 2 aromatic heterocycles. The normalized spacial score (nSPS) is 20.4. The van der Waals surface area contributed by atoms with Crippen LogP contribution >= 0.6 is 0 Å². The molecule has 1 amide bonds. The number of hydrogen-bond donors (Lipinski definition) is 1. The molecule has 134 valence electrons. The predicted octanol–water partition coefficient (Wildman–Crippen LogP) is 1.97. The van der Waals surface area contributed by atoms with Crippen molar-refractivity contribution in [1.82, 2.24) is 24.6 Å². The van der Waals surface area contributed by atoms with Gasteiger partial charge in [-0.1, -0.05) is 0 Å². The van der Waals surface area contributed by atoms with Gasteiger partial charge in [0.2, 0.25) is 5.91 Å². The quantitative estimate of drug-likeness (QED) is 0.919. The van der Waals surface area contributed by atoms with E-state index in [4.69, 9.17) is 0 Å². The van der Waals surface area contributed by atoms with Crippen molar-refractivity contribution in [2.24, 2.45) is 7.05 Å². The van der Waals surface area contributed by atoms with E-state index in [1.54, 1.807) is 30.5 Å². The summed E-state index contributed by atoms with van der Waals surface area (Å²) in [6, 6.07) is -0.515.